The Morgan fingerprint density at radius 3 is 2.71 bits per heavy atom. The van der Waals surface area contributed by atoms with E-state index in [4.69, 9.17) is 23.2 Å². The largest absolute Gasteiger partial charge is 0.338 e. The van der Waals surface area contributed by atoms with Crippen molar-refractivity contribution in [2.24, 2.45) is 0 Å². The molecule has 0 unspecified atom stereocenters. The van der Waals surface area contributed by atoms with E-state index in [0.717, 1.165) is 10.0 Å². The second kappa shape index (κ2) is 5.21. The Labute approximate surface area is 117 Å². The molecule has 0 spiro atoms. The molecule has 0 aliphatic rings. The molecule has 0 saturated heterocycles. The fourth-order valence-corrected chi connectivity index (χ4v) is 2.02. The van der Waals surface area contributed by atoms with Crippen molar-refractivity contribution in [3.63, 3.8) is 0 Å². The van der Waals surface area contributed by atoms with E-state index >= 15 is 0 Å². The first-order chi connectivity index (χ1) is 8.08. The normalized spacial score (nSPS) is 10.4. The summed E-state index contributed by atoms with van der Waals surface area (Å²) in [6.07, 6.45) is 3.11. The van der Waals surface area contributed by atoms with Gasteiger partial charge >= 0.3 is 0 Å². The molecule has 0 aliphatic carbocycles. The minimum absolute atomic E-state index is 0.595. The molecule has 2 rings (SSSR count). The van der Waals surface area contributed by atoms with Crippen LogP contribution in [-0.4, -0.2) is 9.97 Å². The topological polar surface area (TPSA) is 37.8 Å². The van der Waals surface area contributed by atoms with Gasteiger partial charge in [0.1, 0.15) is 12.1 Å². The zero-order valence-corrected chi connectivity index (χ0v) is 11.9. The Kier molecular flexibility index (Phi) is 3.86. The molecule has 0 aliphatic heterocycles. The van der Waals surface area contributed by atoms with Gasteiger partial charge in [-0.25, -0.2) is 9.97 Å². The summed E-state index contributed by atoms with van der Waals surface area (Å²) in [7, 11) is 0. The average molecular weight is 333 g/mol. The molecule has 0 bridgehead atoms. The predicted molar refractivity (Wildman–Crippen MR) is 74.2 cm³/mol. The lowest BCUT2D eigenvalue weighted by Crippen LogP contribution is -1.96. The fourth-order valence-electron chi connectivity index (χ4n) is 1.27. The van der Waals surface area contributed by atoms with Crippen LogP contribution in [0, 0.1) is 6.92 Å². The predicted octanol–water partition coefficient (Wildman–Crippen LogP) is 4.60. The van der Waals surface area contributed by atoms with Gasteiger partial charge in [0.25, 0.3) is 0 Å². The van der Waals surface area contributed by atoms with Crippen LogP contribution in [0.5, 0.6) is 0 Å². The Balaban J connectivity index is 2.37. The van der Waals surface area contributed by atoms with Crippen molar-refractivity contribution < 1.29 is 0 Å². The SMILES string of the molecule is Cc1cc(Cl)c(Nc2ncncc2Br)cc1Cl. The van der Waals surface area contributed by atoms with E-state index < -0.39 is 0 Å². The van der Waals surface area contributed by atoms with Gasteiger partial charge in [-0.05, 0) is 40.5 Å². The van der Waals surface area contributed by atoms with Crippen LogP contribution in [0.4, 0.5) is 11.5 Å². The van der Waals surface area contributed by atoms with E-state index in [-0.39, 0.29) is 0 Å². The van der Waals surface area contributed by atoms with Gasteiger partial charge < -0.3 is 5.32 Å². The summed E-state index contributed by atoms with van der Waals surface area (Å²) in [5, 5.41) is 4.34. The van der Waals surface area contributed by atoms with Gasteiger partial charge in [0, 0.05) is 11.2 Å². The van der Waals surface area contributed by atoms with E-state index in [1.54, 1.807) is 18.3 Å². The summed E-state index contributed by atoms with van der Waals surface area (Å²) in [5.74, 6) is 0.641. The third-order valence-corrected chi connectivity index (χ3v) is 3.47. The number of aromatic nitrogens is 2. The van der Waals surface area contributed by atoms with E-state index in [2.05, 4.69) is 31.2 Å². The molecular weight excluding hydrogens is 325 g/mol. The van der Waals surface area contributed by atoms with Gasteiger partial charge in [0.2, 0.25) is 0 Å². The van der Waals surface area contributed by atoms with Crippen molar-refractivity contribution in [3.8, 4) is 0 Å². The van der Waals surface area contributed by atoms with Crippen LogP contribution in [0.2, 0.25) is 10.0 Å². The van der Waals surface area contributed by atoms with Crippen LogP contribution in [-0.2, 0) is 0 Å². The zero-order valence-electron chi connectivity index (χ0n) is 8.84. The molecule has 1 aromatic carbocycles. The Hall–Kier alpha value is -0.840. The molecule has 2 aromatic rings. The number of halogens is 3. The van der Waals surface area contributed by atoms with Crippen molar-refractivity contribution >= 4 is 50.6 Å². The van der Waals surface area contributed by atoms with Crippen molar-refractivity contribution in [2.75, 3.05) is 5.32 Å². The summed E-state index contributed by atoms with van der Waals surface area (Å²) >= 11 is 15.5. The van der Waals surface area contributed by atoms with Crippen LogP contribution in [0.3, 0.4) is 0 Å². The zero-order chi connectivity index (χ0) is 12.4. The first-order valence-electron chi connectivity index (χ1n) is 4.76. The van der Waals surface area contributed by atoms with Gasteiger partial charge in [0.15, 0.2) is 0 Å². The first-order valence-corrected chi connectivity index (χ1v) is 6.31. The molecule has 0 fully saturated rings. The number of hydrogen-bond donors (Lipinski definition) is 1. The number of anilines is 2. The van der Waals surface area contributed by atoms with Gasteiger partial charge in [0.05, 0.1) is 15.2 Å². The third kappa shape index (κ3) is 2.89. The number of rotatable bonds is 2. The van der Waals surface area contributed by atoms with E-state index in [1.165, 1.54) is 6.33 Å². The molecule has 88 valence electrons. The highest BCUT2D eigenvalue weighted by atomic mass is 79.9. The number of nitrogens with zero attached hydrogens (tertiary/aromatic N) is 2. The molecule has 1 heterocycles. The number of nitrogens with one attached hydrogen (secondary N) is 1. The molecule has 1 aromatic heterocycles. The minimum atomic E-state index is 0.595. The molecule has 6 heteroatoms. The molecule has 3 nitrogen and oxygen atoms in total. The Bertz CT molecular complexity index is 560. The number of benzene rings is 1. The van der Waals surface area contributed by atoms with E-state index in [9.17, 15) is 0 Å². The summed E-state index contributed by atoms with van der Waals surface area (Å²) in [5.41, 5.74) is 1.64. The van der Waals surface area contributed by atoms with Crippen molar-refractivity contribution in [1.29, 1.82) is 0 Å². The second-order valence-electron chi connectivity index (χ2n) is 3.43. The van der Waals surface area contributed by atoms with E-state index in [0.29, 0.717) is 21.6 Å². The third-order valence-electron chi connectivity index (χ3n) is 2.17. The maximum atomic E-state index is 6.12. The molecule has 1 N–H and O–H groups in total. The highest BCUT2D eigenvalue weighted by molar-refractivity contribution is 9.10. The lowest BCUT2D eigenvalue weighted by Gasteiger charge is -2.10. The lowest BCUT2D eigenvalue weighted by molar-refractivity contribution is 1.15. The highest BCUT2D eigenvalue weighted by Gasteiger charge is 2.07. The molecule has 0 saturated carbocycles. The minimum Gasteiger partial charge on any atom is -0.338 e. The maximum absolute atomic E-state index is 6.12. The van der Waals surface area contributed by atoms with Crippen LogP contribution in [0.1, 0.15) is 5.56 Å². The fraction of sp³-hybridized carbons (Fsp3) is 0.0909. The molecule has 0 atom stereocenters. The number of aryl methyl sites for hydroxylation is 1. The van der Waals surface area contributed by atoms with Crippen molar-refractivity contribution in [3.05, 3.63) is 44.7 Å². The molecule has 0 amide bonds. The number of hydrogen-bond acceptors (Lipinski definition) is 3. The maximum Gasteiger partial charge on any atom is 0.148 e. The first kappa shape index (κ1) is 12.6. The Morgan fingerprint density at radius 2 is 2.00 bits per heavy atom. The van der Waals surface area contributed by atoms with E-state index in [1.807, 2.05) is 6.92 Å². The standard InChI is InChI=1S/C11H8BrCl2N3/c1-6-2-9(14)10(3-8(6)13)17-11-7(12)4-15-5-16-11/h2-5H,1H3,(H,15,16,17). The average Bonchev–Trinajstić information content (AvgIpc) is 2.29. The second-order valence-corrected chi connectivity index (χ2v) is 5.09. The molecule has 17 heavy (non-hydrogen) atoms. The summed E-state index contributed by atoms with van der Waals surface area (Å²) in [6, 6.07) is 3.58. The molecular formula is C11H8BrCl2N3. The quantitative estimate of drug-likeness (QED) is 0.873. The summed E-state index contributed by atoms with van der Waals surface area (Å²) < 4.78 is 0.757. The van der Waals surface area contributed by atoms with Crippen LogP contribution < -0.4 is 5.32 Å². The van der Waals surface area contributed by atoms with Gasteiger partial charge in [-0.15, -0.1) is 0 Å². The van der Waals surface area contributed by atoms with Gasteiger partial charge in [-0.3, -0.25) is 0 Å². The lowest BCUT2D eigenvalue weighted by atomic mass is 10.2. The van der Waals surface area contributed by atoms with Crippen molar-refractivity contribution in [1.82, 2.24) is 9.97 Å². The van der Waals surface area contributed by atoms with Gasteiger partial charge in [-0.1, -0.05) is 23.2 Å². The highest BCUT2D eigenvalue weighted by Crippen LogP contribution is 2.32. The smallest absolute Gasteiger partial charge is 0.148 e. The van der Waals surface area contributed by atoms with Crippen molar-refractivity contribution in [2.45, 2.75) is 6.92 Å². The summed E-state index contributed by atoms with van der Waals surface area (Å²) in [4.78, 5) is 7.98. The van der Waals surface area contributed by atoms with Crippen LogP contribution in [0.15, 0.2) is 29.1 Å². The van der Waals surface area contributed by atoms with Crippen LogP contribution >= 0.6 is 39.1 Å². The summed E-state index contributed by atoms with van der Waals surface area (Å²) in [6.45, 7) is 1.90. The Morgan fingerprint density at radius 1 is 1.24 bits per heavy atom. The van der Waals surface area contributed by atoms with Crippen LogP contribution in [0.25, 0.3) is 0 Å². The monoisotopic (exact) mass is 331 g/mol. The molecule has 0 radical (unpaired) electrons. The van der Waals surface area contributed by atoms with Gasteiger partial charge in [-0.2, -0.15) is 0 Å².